The third-order valence-corrected chi connectivity index (χ3v) is 2.45. The van der Waals surface area contributed by atoms with Crippen molar-refractivity contribution in [3.8, 4) is 12.1 Å². The van der Waals surface area contributed by atoms with E-state index in [0.717, 1.165) is 11.4 Å². The molecule has 2 rings (SSSR count). The van der Waals surface area contributed by atoms with Crippen molar-refractivity contribution in [3.05, 3.63) is 23.2 Å². The van der Waals surface area contributed by atoms with Gasteiger partial charge in [0.2, 0.25) is 0 Å². The molecule has 0 amide bonds. The lowest BCUT2D eigenvalue weighted by molar-refractivity contribution is 0.732. The number of fused-ring (bicyclic) bond motifs is 1. The Balaban J connectivity index is 2.24. The van der Waals surface area contributed by atoms with Crippen LogP contribution in [0.15, 0.2) is 18.2 Å². The molecule has 1 heterocycles. The maximum Gasteiger partial charge on any atom is 0.171 e. The molecule has 0 fully saturated rings. The molecule has 1 aromatic rings. The van der Waals surface area contributed by atoms with Gasteiger partial charge in [-0.05, 0) is 18.2 Å². The van der Waals surface area contributed by atoms with Gasteiger partial charge in [-0.1, -0.05) is 11.6 Å². The highest BCUT2D eigenvalue weighted by Gasteiger charge is 2.27. The Kier molecular flexibility index (Phi) is 2.37. The van der Waals surface area contributed by atoms with Crippen LogP contribution in [0, 0.1) is 28.6 Å². The summed E-state index contributed by atoms with van der Waals surface area (Å²) < 4.78 is 0. The van der Waals surface area contributed by atoms with E-state index in [0.29, 0.717) is 5.02 Å². The van der Waals surface area contributed by atoms with Gasteiger partial charge in [-0.25, -0.2) is 0 Å². The van der Waals surface area contributed by atoms with Crippen LogP contribution in [0.1, 0.15) is 0 Å². The van der Waals surface area contributed by atoms with Crippen LogP contribution in [0.3, 0.4) is 0 Å². The zero-order chi connectivity index (χ0) is 10.8. The molecule has 0 aliphatic carbocycles. The third-order valence-electron chi connectivity index (χ3n) is 2.22. The van der Waals surface area contributed by atoms with Crippen molar-refractivity contribution in [2.24, 2.45) is 5.92 Å². The number of hydrogen-bond donors (Lipinski definition) is 2. The van der Waals surface area contributed by atoms with Gasteiger partial charge in [0.25, 0.3) is 0 Å². The highest BCUT2D eigenvalue weighted by atomic mass is 35.5. The molecule has 1 aromatic carbocycles. The quantitative estimate of drug-likeness (QED) is 0.758. The van der Waals surface area contributed by atoms with Crippen molar-refractivity contribution in [1.29, 1.82) is 10.5 Å². The predicted molar refractivity (Wildman–Crippen MR) is 57.2 cm³/mol. The Hall–Kier alpha value is -1.91. The number of nitriles is 2. The second kappa shape index (κ2) is 3.68. The summed E-state index contributed by atoms with van der Waals surface area (Å²) in [5, 5.41) is 24.2. The Morgan fingerprint density at radius 1 is 1.20 bits per heavy atom. The van der Waals surface area contributed by atoms with Crippen LogP contribution in [0.5, 0.6) is 0 Å². The monoisotopic (exact) mass is 218 g/mol. The van der Waals surface area contributed by atoms with Crippen molar-refractivity contribution >= 4 is 23.0 Å². The van der Waals surface area contributed by atoms with Crippen molar-refractivity contribution in [2.75, 3.05) is 10.6 Å². The molecule has 2 N–H and O–H groups in total. The average Bonchev–Trinajstić information content (AvgIpc) is 2.62. The first-order chi connectivity index (χ1) is 7.24. The van der Waals surface area contributed by atoms with Gasteiger partial charge in [0.1, 0.15) is 6.17 Å². The molecule has 1 aliphatic rings. The molecule has 1 unspecified atom stereocenters. The first kappa shape index (κ1) is 9.64. The summed E-state index contributed by atoms with van der Waals surface area (Å²) in [4.78, 5) is 0. The first-order valence-corrected chi connectivity index (χ1v) is 4.74. The Morgan fingerprint density at radius 2 is 1.87 bits per heavy atom. The minimum absolute atomic E-state index is 0.367. The van der Waals surface area contributed by atoms with E-state index in [4.69, 9.17) is 22.1 Å². The zero-order valence-electron chi connectivity index (χ0n) is 7.66. The summed E-state index contributed by atoms with van der Waals surface area (Å²) in [6, 6.07) is 9.18. The maximum absolute atomic E-state index is 8.74. The van der Waals surface area contributed by atoms with Gasteiger partial charge in [0.15, 0.2) is 5.92 Å². The van der Waals surface area contributed by atoms with Gasteiger partial charge >= 0.3 is 0 Å². The second-order valence-corrected chi connectivity index (χ2v) is 3.63. The lowest BCUT2D eigenvalue weighted by atomic mass is 10.1. The lowest BCUT2D eigenvalue weighted by Gasteiger charge is -2.11. The number of anilines is 2. The number of benzene rings is 1. The normalized spacial score (nSPS) is 17.2. The summed E-state index contributed by atoms with van der Waals surface area (Å²) in [6.07, 6.45) is -0.367. The summed E-state index contributed by atoms with van der Waals surface area (Å²) in [5.74, 6) is -0.726. The summed E-state index contributed by atoms with van der Waals surface area (Å²) in [5.41, 5.74) is 1.68. The average molecular weight is 219 g/mol. The molecular formula is C10H7ClN4. The largest absolute Gasteiger partial charge is 0.362 e. The van der Waals surface area contributed by atoms with Crippen LogP contribution >= 0.6 is 11.6 Å². The predicted octanol–water partition coefficient (Wildman–Crippen LogP) is 2.17. The lowest BCUT2D eigenvalue weighted by Crippen LogP contribution is -2.29. The Labute approximate surface area is 92.1 Å². The molecule has 0 bridgehead atoms. The zero-order valence-corrected chi connectivity index (χ0v) is 8.42. The molecule has 4 nitrogen and oxygen atoms in total. The molecule has 15 heavy (non-hydrogen) atoms. The van der Waals surface area contributed by atoms with Crippen molar-refractivity contribution < 1.29 is 0 Å². The first-order valence-electron chi connectivity index (χ1n) is 4.36. The summed E-state index contributed by atoms with van der Waals surface area (Å²) >= 11 is 5.82. The van der Waals surface area contributed by atoms with Gasteiger partial charge in [0, 0.05) is 5.02 Å². The van der Waals surface area contributed by atoms with Crippen molar-refractivity contribution in [2.45, 2.75) is 6.17 Å². The maximum atomic E-state index is 8.74. The van der Waals surface area contributed by atoms with Gasteiger partial charge in [-0.15, -0.1) is 0 Å². The smallest absolute Gasteiger partial charge is 0.171 e. The second-order valence-electron chi connectivity index (χ2n) is 3.19. The van der Waals surface area contributed by atoms with Crippen molar-refractivity contribution in [1.82, 2.24) is 0 Å². The summed E-state index contributed by atoms with van der Waals surface area (Å²) in [7, 11) is 0. The van der Waals surface area contributed by atoms with E-state index in [1.54, 1.807) is 12.1 Å². The Bertz CT molecular complexity index is 457. The molecule has 0 aromatic heterocycles. The van der Waals surface area contributed by atoms with Gasteiger partial charge in [-0.3, -0.25) is 0 Å². The molecule has 74 valence electrons. The van der Waals surface area contributed by atoms with Crippen LogP contribution in [0.25, 0.3) is 0 Å². The molecule has 1 aliphatic heterocycles. The number of rotatable bonds is 1. The highest BCUT2D eigenvalue weighted by molar-refractivity contribution is 6.31. The van der Waals surface area contributed by atoms with E-state index in [9.17, 15) is 0 Å². The standard InChI is InChI=1S/C10H7ClN4/c11-7-1-2-8-9(3-7)15-10(14-8)6(4-12)5-13/h1-3,6,10,14-15H. The van der Waals surface area contributed by atoms with E-state index in [1.165, 1.54) is 0 Å². The molecule has 5 heteroatoms. The van der Waals surface area contributed by atoms with E-state index in [1.807, 2.05) is 18.2 Å². The number of hydrogen-bond acceptors (Lipinski definition) is 4. The highest BCUT2D eigenvalue weighted by Crippen LogP contribution is 2.33. The molecule has 1 atom stereocenters. The fourth-order valence-electron chi connectivity index (χ4n) is 1.48. The van der Waals surface area contributed by atoms with Crippen LogP contribution in [0.4, 0.5) is 11.4 Å². The van der Waals surface area contributed by atoms with E-state index >= 15 is 0 Å². The van der Waals surface area contributed by atoms with Gasteiger partial charge < -0.3 is 10.6 Å². The third kappa shape index (κ3) is 1.68. The SMILES string of the molecule is N#CC(C#N)C1Nc2ccc(Cl)cc2N1. The molecule has 0 radical (unpaired) electrons. The number of halogens is 1. The van der Waals surface area contributed by atoms with Crippen molar-refractivity contribution in [3.63, 3.8) is 0 Å². The molecule has 0 saturated heterocycles. The topological polar surface area (TPSA) is 71.6 Å². The molecular weight excluding hydrogens is 212 g/mol. The number of nitrogens with one attached hydrogen (secondary N) is 2. The van der Waals surface area contributed by atoms with E-state index in [-0.39, 0.29) is 6.17 Å². The van der Waals surface area contributed by atoms with Crippen LogP contribution in [-0.2, 0) is 0 Å². The van der Waals surface area contributed by atoms with E-state index in [2.05, 4.69) is 10.6 Å². The van der Waals surface area contributed by atoms with Crippen LogP contribution < -0.4 is 10.6 Å². The summed E-state index contributed by atoms with van der Waals surface area (Å²) in [6.45, 7) is 0. The van der Waals surface area contributed by atoms with E-state index < -0.39 is 5.92 Å². The molecule has 0 saturated carbocycles. The van der Waals surface area contributed by atoms with Gasteiger partial charge in [-0.2, -0.15) is 10.5 Å². The fourth-order valence-corrected chi connectivity index (χ4v) is 1.65. The minimum atomic E-state index is -0.726. The van der Waals surface area contributed by atoms with Gasteiger partial charge in [0.05, 0.1) is 23.5 Å². The van der Waals surface area contributed by atoms with Crippen LogP contribution in [0.2, 0.25) is 5.02 Å². The fraction of sp³-hybridized carbons (Fsp3) is 0.200. The Morgan fingerprint density at radius 3 is 2.53 bits per heavy atom. The molecule has 0 spiro atoms. The number of nitrogens with zero attached hydrogens (tertiary/aromatic N) is 2. The minimum Gasteiger partial charge on any atom is -0.362 e. The van der Waals surface area contributed by atoms with Crippen LogP contribution in [-0.4, -0.2) is 6.17 Å².